The summed E-state index contributed by atoms with van der Waals surface area (Å²) in [6.07, 6.45) is 4.13. The molecule has 1 aliphatic rings. The second kappa shape index (κ2) is 6.27. The van der Waals surface area contributed by atoms with Crippen molar-refractivity contribution >= 4 is 16.8 Å². The van der Waals surface area contributed by atoms with Crippen molar-refractivity contribution in [1.29, 1.82) is 0 Å². The first kappa shape index (κ1) is 16.8. The van der Waals surface area contributed by atoms with E-state index in [1.165, 1.54) is 5.56 Å². The first-order valence-electron chi connectivity index (χ1n) is 9.23. The Morgan fingerprint density at radius 2 is 1.96 bits per heavy atom. The second-order valence-electron chi connectivity index (χ2n) is 7.46. The van der Waals surface area contributed by atoms with Crippen LogP contribution in [0.15, 0.2) is 42.6 Å². The number of carbonyl (C=O) groups excluding carboxylic acids is 1. The average molecular weight is 347 g/mol. The van der Waals surface area contributed by atoms with Crippen molar-refractivity contribution < 1.29 is 4.79 Å². The van der Waals surface area contributed by atoms with Gasteiger partial charge in [-0.15, -0.1) is 0 Å². The van der Waals surface area contributed by atoms with E-state index in [4.69, 9.17) is 0 Å². The Kier molecular flexibility index (Phi) is 4.06. The number of rotatable bonds is 4. The van der Waals surface area contributed by atoms with Gasteiger partial charge in [0.15, 0.2) is 0 Å². The number of hydrogen-bond acceptors (Lipinski definition) is 2. The van der Waals surface area contributed by atoms with Gasteiger partial charge in [0.25, 0.3) is 5.91 Å². The Bertz CT molecular complexity index is 970. The van der Waals surface area contributed by atoms with Gasteiger partial charge in [0.05, 0.1) is 17.3 Å². The molecular weight excluding hydrogens is 322 g/mol. The lowest BCUT2D eigenvalue weighted by atomic mass is 10.0. The van der Waals surface area contributed by atoms with Gasteiger partial charge in [0, 0.05) is 25.7 Å². The first-order valence-corrected chi connectivity index (χ1v) is 9.23. The van der Waals surface area contributed by atoms with Gasteiger partial charge in [-0.25, -0.2) is 0 Å². The minimum Gasteiger partial charge on any atom is -0.339 e. The fourth-order valence-corrected chi connectivity index (χ4v) is 4.21. The average Bonchev–Trinajstić information content (AvgIpc) is 3.43. The number of aromatic nitrogens is 2. The fourth-order valence-electron chi connectivity index (χ4n) is 4.21. The fraction of sp³-hybridized carbons (Fsp3) is 0.364. The van der Waals surface area contributed by atoms with Crippen molar-refractivity contribution in [3.05, 3.63) is 65.1 Å². The number of benzene rings is 1. The molecule has 134 valence electrons. The van der Waals surface area contributed by atoms with Crippen LogP contribution < -0.4 is 0 Å². The van der Waals surface area contributed by atoms with Gasteiger partial charge in [-0.2, -0.15) is 0 Å². The Hall–Kier alpha value is -2.62. The lowest BCUT2D eigenvalue weighted by molar-refractivity contribution is 0.0697. The summed E-state index contributed by atoms with van der Waals surface area (Å²) in [7, 11) is 3.92. The number of amides is 1. The molecule has 0 radical (unpaired) electrons. The van der Waals surface area contributed by atoms with Crippen LogP contribution in [0.5, 0.6) is 0 Å². The molecule has 26 heavy (non-hydrogen) atoms. The maximum atomic E-state index is 13.5. The van der Waals surface area contributed by atoms with Crippen molar-refractivity contribution in [2.45, 2.75) is 32.7 Å². The summed E-state index contributed by atoms with van der Waals surface area (Å²) >= 11 is 0. The topological polar surface area (TPSA) is 38.1 Å². The van der Waals surface area contributed by atoms with Crippen LogP contribution in [0, 0.1) is 19.8 Å². The van der Waals surface area contributed by atoms with E-state index in [-0.39, 0.29) is 11.9 Å². The van der Waals surface area contributed by atoms with E-state index in [1.807, 2.05) is 43.4 Å². The van der Waals surface area contributed by atoms with Crippen LogP contribution in [0.1, 0.15) is 46.2 Å². The van der Waals surface area contributed by atoms with Crippen LogP contribution in [0.3, 0.4) is 0 Å². The van der Waals surface area contributed by atoms with Gasteiger partial charge in [-0.05, 0) is 55.9 Å². The maximum absolute atomic E-state index is 13.5. The number of hydrogen-bond donors (Lipinski definition) is 0. The highest BCUT2D eigenvalue weighted by molar-refractivity contribution is 6.02. The van der Waals surface area contributed by atoms with E-state index < -0.39 is 0 Å². The summed E-state index contributed by atoms with van der Waals surface area (Å²) in [6, 6.07) is 12.3. The zero-order chi connectivity index (χ0) is 18.4. The predicted molar refractivity (Wildman–Crippen MR) is 104 cm³/mol. The molecule has 0 N–H and O–H groups in total. The molecule has 1 saturated carbocycles. The van der Waals surface area contributed by atoms with Crippen LogP contribution in [-0.4, -0.2) is 27.4 Å². The molecular formula is C22H25N3O. The summed E-state index contributed by atoms with van der Waals surface area (Å²) in [5.74, 6) is 0.582. The smallest absolute Gasteiger partial charge is 0.271 e. The normalized spacial score (nSPS) is 15.2. The highest BCUT2D eigenvalue weighted by Gasteiger charge is 2.38. The van der Waals surface area contributed by atoms with Crippen molar-refractivity contribution in [2.75, 3.05) is 7.05 Å². The second-order valence-corrected chi connectivity index (χ2v) is 7.46. The van der Waals surface area contributed by atoms with Crippen LogP contribution in [0.2, 0.25) is 0 Å². The van der Waals surface area contributed by atoms with Gasteiger partial charge in [0.1, 0.15) is 5.69 Å². The van der Waals surface area contributed by atoms with E-state index >= 15 is 0 Å². The van der Waals surface area contributed by atoms with Gasteiger partial charge >= 0.3 is 0 Å². The van der Waals surface area contributed by atoms with Crippen molar-refractivity contribution in [1.82, 2.24) is 14.5 Å². The first-order chi connectivity index (χ1) is 12.5. The Morgan fingerprint density at radius 1 is 1.19 bits per heavy atom. The van der Waals surface area contributed by atoms with Crippen molar-refractivity contribution in [2.24, 2.45) is 13.0 Å². The molecule has 3 aromatic rings. The van der Waals surface area contributed by atoms with E-state index in [0.717, 1.165) is 40.7 Å². The zero-order valence-corrected chi connectivity index (χ0v) is 15.9. The van der Waals surface area contributed by atoms with Gasteiger partial charge in [-0.1, -0.05) is 24.3 Å². The number of aryl methyl sites for hydroxylation is 3. The minimum atomic E-state index is 0.0437. The summed E-state index contributed by atoms with van der Waals surface area (Å²) in [6.45, 7) is 4.15. The third kappa shape index (κ3) is 2.61. The molecule has 0 bridgehead atoms. The Balaban J connectivity index is 1.78. The zero-order valence-electron chi connectivity index (χ0n) is 15.9. The standard InChI is InChI=1S/C22H25N3O/c1-14-8-7-9-17-15(2)20(24(3)19(14)17)22(26)25(4)21(16-11-12-16)18-10-5-6-13-23-18/h5-10,13,16,21H,11-12H2,1-4H3. The molecule has 0 saturated heterocycles. The molecule has 0 aliphatic heterocycles. The molecule has 1 amide bonds. The number of nitrogens with zero attached hydrogens (tertiary/aromatic N) is 3. The highest BCUT2D eigenvalue weighted by Crippen LogP contribution is 2.44. The summed E-state index contributed by atoms with van der Waals surface area (Å²) in [4.78, 5) is 19.9. The summed E-state index contributed by atoms with van der Waals surface area (Å²) in [5, 5.41) is 1.16. The monoisotopic (exact) mass is 347 g/mol. The summed E-state index contributed by atoms with van der Waals surface area (Å²) in [5.41, 5.74) is 5.15. The third-order valence-electron chi connectivity index (χ3n) is 5.67. The molecule has 0 spiro atoms. The predicted octanol–water partition coefficient (Wildman–Crippen LogP) is 4.41. The number of carbonyl (C=O) groups is 1. The molecule has 4 rings (SSSR count). The SMILES string of the molecule is Cc1c(C(=O)N(C)C(c2ccccn2)C2CC2)n(C)c2c(C)cccc12. The number of fused-ring (bicyclic) bond motifs is 1. The quantitative estimate of drug-likeness (QED) is 0.701. The largest absolute Gasteiger partial charge is 0.339 e. The van der Waals surface area contributed by atoms with Crippen molar-refractivity contribution in [3.63, 3.8) is 0 Å². The van der Waals surface area contributed by atoms with E-state index in [9.17, 15) is 4.79 Å². The molecule has 1 aromatic carbocycles. The summed E-state index contributed by atoms with van der Waals surface area (Å²) < 4.78 is 2.06. The van der Waals surface area contributed by atoms with E-state index in [0.29, 0.717) is 5.92 Å². The Labute approximate surface area is 154 Å². The lowest BCUT2D eigenvalue weighted by Gasteiger charge is -2.28. The van der Waals surface area contributed by atoms with Crippen LogP contribution in [0.4, 0.5) is 0 Å². The van der Waals surface area contributed by atoms with Gasteiger partial charge in [0.2, 0.25) is 0 Å². The van der Waals surface area contributed by atoms with Gasteiger partial charge in [-0.3, -0.25) is 9.78 Å². The van der Waals surface area contributed by atoms with Crippen LogP contribution in [-0.2, 0) is 7.05 Å². The maximum Gasteiger partial charge on any atom is 0.271 e. The van der Waals surface area contributed by atoms with Crippen LogP contribution in [0.25, 0.3) is 10.9 Å². The molecule has 1 atom stereocenters. The third-order valence-corrected chi connectivity index (χ3v) is 5.67. The molecule has 4 heteroatoms. The molecule has 1 unspecified atom stereocenters. The number of para-hydroxylation sites is 1. The van der Waals surface area contributed by atoms with E-state index in [2.05, 4.69) is 41.6 Å². The van der Waals surface area contributed by atoms with Crippen LogP contribution >= 0.6 is 0 Å². The molecule has 1 fully saturated rings. The lowest BCUT2D eigenvalue weighted by Crippen LogP contribution is -2.34. The molecule has 2 aromatic heterocycles. The molecule has 1 aliphatic carbocycles. The highest BCUT2D eigenvalue weighted by atomic mass is 16.2. The van der Waals surface area contributed by atoms with Crippen molar-refractivity contribution in [3.8, 4) is 0 Å². The van der Waals surface area contributed by atoms with E-state index in [1.54, 1.807) is 0 Å². The molecule has 2 heterocycles. The number of pyridine rings is 1. The minimum absolute atomic E-state index is 0.0437. The molecule has 4 nitrogen and oxygen atoms in total. The Morgan fingerprint density at radius 3 is 2.58 bits per heavy atom. The van der Waals surface area contributed by atoms with Gasteiger partial charge < -0.3 is 9.47 Å².